The first-order valence-corrected chi connectivity index (χ1v) is 10.9. The largest absolute Gasteiger partial charge is 0.422 e. The van der Waals surface area contributed by atoms with E-state index in [1.165, 1.54) is 11.3 Å². The Kier molecular flexibility index (Phi) is 5.79. The van der Waals surface area contributed by atoms with E-state index in [1.54, 1.807) is 23.7 Å². The van der Waals surface area contributed by atoms with Crippen molar-refractivity contribution in [3.05, 3.63) is 85.6 Å². The Labute approximate surface area is 185 Å². The molecule has 148 valence electrons. The summed E-state index contributed by atoms with van der Waals surface area (Å²) in [6.07, 6.45) is 2.53. The predicted octanol–water partition coefficient (Wildman–Crippen LogP) is 6.22. The topological polar surface area (TPSA) is 78.9 Å². The van der Waals surface area contributed by atoms with E-state index in [0.717, 1.165) is 27.5 Å². The zero-order valence-electron chi connectivity index (χ0n) is 16.0. The molecule has 0 aliphatic carbocycles. The first-order valence-electron chi connectivity index (χ1n) is 9.23. The number of aryl methyl sites for hydroxylation is 1. The van der Waals surface area contributed by atoms with Crippen LogP contribution in [0.15, 0.2) is 73.8 Å². The van der Waals surface area contributed by atoms with Crippen LogP contribution in [-0.2, 0) is 6.42 Å². The summed E-state index contributed by atoms with van der Waals surface area (Å²) in [6.45, 7) is 2.08. The fourth-order valence-corrected chi connectivity index (χ4v) is 4.22. The molecule has 2 aromatic heterocycles. The minimum absolute atomic E-state index is 0.365. The molecule has 4 rings (SSSR count). The molecule has 0 aliphatic rings. The minimum atomic E-state index is -0.459. The SMILES string of the molecule is CCc1ccccc1N/C=C(\C#N)c1nc(-c2cc3cc(Br)ccc3oc2=O)cs1. The molecule has 0 bridgehead atoms. The number of halogens is 1. The number of hydrogen-bond acceptors (Lipinski definition) is 6. The number of fused-ring (bicyclic) bond motifs is 1. The maximum Gasteiger partial charge on any atom is 0.345 e. The van der Waals surface area contributed by atoms with E-state index >= 15 is 0 Å². The highest BCUT2D eigenvalue weighted by Gasteiger charge is 2.14. The molecule has 1 N–H and O–H groups in total. The molecule has 7 heteroatoms. The van der Waals surface area contributed by atoms with Crippen LogP contribution in [0, 0.1) is 11.3 Å². The molecular weight excluding hydrogens is 462 g/mol. The van der Waals surface area contributed by atoms with Gasteiger partial charge in [0.2, 0.25) is 0 Å². The van der Waals surface area contributed by atoms with Crippen LogP contribution in [0.3, 0.4) is 0 Å². The van der Waals surface area contributed by atoms with Gasteiger partial charge in [-0.05, 0) is 42.3 Å². The van der Waals surface area contributed by atoms with Gasteiger partial charge in [0.1, 0.15) is 22.2 Å². The van der Waals surface area contributed by atoms with E-state index in [0.29, 0.717) is 27.4 Å². The van der Waals surface area contributed by atoms with E-state index in [9.17, 15) is 10.1 Å². The van der Waals surface area contributed by atoms with Crippen LogP contribution in [0.5, 0.6) is 0 Å². The average Bonchev–Trinajstić information content (AvgIpc) is 3.24. The van der Waals surface area contributed by atoms with Crippen molar-refractivity contribution in [1.29, 1.82) is 5.26 Å². The highest BCUT2D eigenvalue weighted by Crippen LogP contribution is 2.27. The third kappa shape index (κ3) is 4.06. The van der Waals surface area contributed by atoms with E-state index in [-0.39, 0.29) is 0 Å². The van der Waals surface area contributed by atoms with Crippen molar-refractivity contribution in [1.82, 2.24) is 4.98 Å². The second-order valence-corrected chi connectivity index (χ2v) is 8.27. The molecule has 30 heavy (non-hydrogen) atoms. The lowest BCUT2D eigenvalue weighted by molar-refractivity contribution is 0.563. The van der Waals surface area contributed by atoms with Gasteiger partial charge in [-0.25, -0.2) is 9.78 Å². The monoisotopic (exact) mass is 477 g/mol. The van der Waals surface area contributed by atoms with Gasteiger partial charge in [0.25, 0.3) is 0 Å². The molecule has 0 aliphatic heterocycles. The van der Waals surface area contributed by atoms with Crippen molar-refractivity contribution in [3.8, 4) is 17.3 Å². The van der Waals surface area contributed by atoms with Crippen molar-refractivity contribution >= 4 is 49.5 Å². The van der Waals surface area contributed by atoms with Crippen molar-refractivity contribution < 1.29 is 4.42 Å². The number of thiazole rings is 1. The smallest absolute Gasteiger partial charge is 0.345 e. The summed E-state index contributed by atoms with van der Waals surface area (Å²) < 4.78 is 6.32. The van der Waals surface area contributed by atoms with Gasteiger partial charge < -0.3 is 9.73 Å². The molecule has 0 unspecified atom stereocenters. The second-order valence-electron chi connectivity index (χ2n) is 6.49. The molecule has 0 spiro atoms. The summed E-state index contributed by atoms with van der Waals surface area (Å²) in [5.74, 6) is 0. The van der Waals surface area contributed by atoms with Crippen LogP contribution in [0.2, 0.25) is 0 Å². The Morgan fingerprint density at radius 3 is 2.93 bits per heavy atom. The molecular formula is C23H16BrN3O2S. The molecule has 0 amide bonds. The number of rotatable bonds is 5. The fourth-order valence-electron chi connectivity index (χ4n) is 3.06. The highest BCUT2D eigenvalue weighted by molar-refractivity contribution is 9.10. The van der Waals surface area contributed by atoms with Crippen LogP contribution in [0.1, 0.15) is 17.5 Å². The molecule has 0 saturated heterocycles. The lowest BCUT2D eigenvalue weighted by Gasteiger charge is -2.07. The van der Waals surface area contributed by atoms with Crippen LogP contribution in [0.25, 0.3) is 27.8 Å². The molecule has 0 radical (unpaired) electrons. The number of aromatic nitrogens is 1. The third-order valence-electron chi connectivity index (χ3n) is 4.60. The number of anilines is 1. The summed E-state index contributed by atoms with van der Waals surface area (Å²) in [7, 11) is 0. The maximum atomic E-state index is 12.4. The quantitative estimate of drug-likeness (QED) is 0.272. The van der Waals surface area contributed by atoms with Gasteiger partial charge >= 0.3 is 5.63 Å². The number of benzene rings is 2. The van der Waals surface area contributed by atoms with Crippen LogP contribution < -0.4 is 10.9 Å². The first kappa shape index (κ1) is 20.1. The summed E-state index contributed by atoms with van der Waals surface area (Å²) >= 11 is 4.73. The fraction of sp³-hybridized carbons (Fsp3) is 0.0870. The lowest BCUT2D eigenvalue weighted by atomic mass is 10.1. The molecule has 2 heterocycles. The standard InChI is InChI=1S/C23H16BrN3O2S/c1-2-14-5-3-4-6-19(14)26-12-16(11-25)22-27-20(13-30-22)18-10-15-9-17(24)7-8-21(15)29-23(18)28/h3-10,12-13,26H,2H2,1H3/b16-12+. The van der Waals surface area contributed by atoms with Crippen LogP contribution >= 0.6 is 27.3 Å². The van der Waals surface area contributed by atoms with Crippen molar-refractivity contribution in [3.63, 3.8) is 0 Å². The Bertz CT molecular complexity index is 1360. The second kappa shape index (κ2) is 8.66. The zero-order chi connectivity index (χ0) is 21.1. The normalized spacial score (nSPS) is 11.4. The van der Waals surface area contributed by atoms with Gasteiger partial charge in [-0.15, -0.1) is 11.3 Å². The molecule has 4 aromatic rings. The summed E-state index contributed by atoms with van der Waals surface area (Å²) in [5.41, 5.74) is 3.41. The number of para-hydroxylation sites is 1. The van der Waals surface area contributed by atoms with Crippen LogP contribution in [-0.4, -0.2) is 4.98 Å². The third-order valence-corrected chi connectivity index (χ3v) is 5.96. The lowest BCUT2D eigenvalue weighted by Crippen LogP contribution is -2.03. The predicted molar refractivity (Wildman–Crippen MR) is 124 cm³/mol. The minimum Gasteiger partial charge on any atom is -0.422 e. The van der Waals surface area contributed by atoms with Crippen molar-refractivity contribution in [2.75, 3.05) is 5.32 Å². The van der Waals surface area contributed by atoms with Crippen molar-refractivity contribution in [2.24, 2.45) is 0 Å². The average molecular weight is 478 g/mol. The number of nitrogens with one attached hydrogen (secondary N) is 1. The molecule has 2 aromatic carbocycles. The van der Waals surface area contributed by atoms with Gasteiger partial charge in [-0.1, -0.05) is 41.1 Å². The molecule has 0 saturated carbocycles. The molecule has 5 nitrogen and oxygen atoms in total. The number of allylic oxidation sites excluding steroid dienone is 1. The summed E-state index contributed by atoms with van der Waals surface area (Å²) in [5, 5.41) is 15.9. The van der Waals surface area contributed by atoms with Crippen LogP contribution in [0.4, 0.5) is 5.69 Å². The van der Waals surface area contributed by atoms with Gasteiger partial charge in [0, 0.05) is 27.1 Å². The highest BCUT2D eigenvalue weighted by atomic mass is 79.9. The Morgan fingerprint density at radius 2 is 2.13 bits per heavy atom. The van der Waals surface area contributed by atoms with Gasteiger partial charge in [0.15, 0.2) is 0 Å². The van der Waals surface area contributed by atoms with Crippen molar-refractivity contribution in [2.45, 2.75) is 13.3 Å². The molecule has 0 fully saturated rings. The Balaban J connectivity index is 1.67. The van der Waals surface area contributed by atoms with Gasteiger partial charge in [0.05, 0.1) is 11.3 Å². The van der Waals surface area contributed by atoms with Gasteiger partial charge in [-0.3, -0.25) is 0 Å². The first-order chi connectivity index (χ1) is 14.6. The number of hydrogen-bond donors (Lipinski definition) is 1. The number of nitriles is 1. The van der Waals surface area contributed by atoms with E-state index < -0.39 is 5.63 Å². The Morgan fingerprint density at radius 1 is 1.30 bits per heavy atom. The van der Waals surface area contributed by atoms with E-state index in [2.05, 4.69) is 39.2 Å². The summed E-state index contributed by atoms with van der Waals surface area (Å²) in [6, 6.07) is 17.3. The van der Waals surface area contributed by atoms with E-state index in [1.807, 2.05) is 36.4 Å². The Hall–Kier alpha value is -3.21. The van der Waals surface area contributed by atoms with Gasteiger partial charge in [-0.2, -0.15) is 5.26 Å². The zero-order valence-corrected chi connectivity index (χ0v) is 18.4. The number of nitrogens with zero attached hydrogens (tertiary/aromatic N) is 2. The summed E-state index contributed by atoms with van der Waals surface area (Å²) in [4.78, 5) is 17.0. The molecule has 0 atom stereocenters. The van der Waals surface area contributed by atoms with E-state index in [4.69, 9.17) is 4.42 Å². The maximum absolute atomic E-state index is 12.4.